The second-order valence-corrected chi connectivity index (χ2v) is 3.89. The minimum atomic E-state index is 0.717. The number of nitrogen functional groups attached to an aromatic ring is 1. The van der Waals surface area contributed by atoms with Gasteiger partial charge in [0.2, 0.25) is 0 Å². The standard InChI is InChI=1S/C9H11ClN2S/c1-7(4-10)6-13-9-2-3-12-5-8(9)11/h2-5H,6,11H2,1H3/b7-4-. The molecule has 0 aliphatic rings. The Kier molecular flexibility index (Phi) is 4.12. The van der Waals surface area contributed by atoms with Crippen molar-refractivity contribution >= 4 is 29.1 Å². The van der Waals surface area contributed by atoms with Gasteiger partial charge in [0, 0.05) is 22.4 Å². The number of hydrogen-bond acceptors (Lipinski definition) is 3. The van der Waals surface area contributed by atoms with Gasteiger partial charge in [-0.3, -0.25) is 4.98 Å². The number of hydrogen-bond donors (Lipinski definition) is 1. The molecule has 2 N–H and O–H groups in total. The van der Waals surface area contributed by atoms with E-state index in [1.165, 1.54) is 0 Å². The summed E-state index contributed by atoms with van der Waals surface area (Å²) in [5.74, 6) is 0.859. The number of nitrogens with two attached hydrogens (primary N) is 1. The smallest absolute Gasteiger partial charge is 0.0638 e. The molecule has 0 amide bonds. The van der Waals surface area contributed by atoms with E-state index >= 15 is 0 Å². The number of nitrogens with zero attached hydrogens (tertiary/aromatic N) is 1. The van der Waals surface area contributed by atoms with Crippen LogP contribution in [0.2, 0.25) is 0 Å². The van der Waals surface area contributed by atoms with E-state index in [1.807, 2.05) is 13.0 Å². The van der Waals surface area contributed by atoms with Crippen molar-refractivity contribution < 1.29 is 0 Å². The van der Waals surface area contributed by atoms with Crippen molar-refractivity contribution in [3.05, 3.63) is 29.6 Å². The minimum Gasteiger partial charge on any atom is -0.397 e. The van der Waals surface area contributed by atoms with Gasteiger partial charge < -0.3 is 5.73 Å². The summed E-state index contributed by atoms with van der Waals surface area (Å²) in [6.07, 6.45) is 3.39. The maximum atomic E-state index is 5.71. The monoisotopic (exact) mass is 214 g/mol. The molecule has 0 fully saturated rings. The number of pyridine rings is 1. The summed E-state index contributed by atoms with van der Waals surface area (Å²) in [5.41, 5.74) is 9.15. The van der Waals surface area contributed by atoms with Crippen molar-refractivity contribution in [1.29, 1.82) is 0 Å². The molecule has 2 nitrogen and oxygen atoms in total. The SMILES string of the molecule is C/C(=C/Cl)CSc1ccncc1N. The van der Waals surface area contributed by atoms with Crippen LogP contribution in [-0.4, -0.2) is 10.7 Å². The van der Waals surface area contributed by atoms with Gasteiger partial charge >= 0.3 is 0 Å². The Morgan fingerprint density at radius 1 is 1.77 bits per heavy atom. The molecule has 0 aromatic carbocycles. The average molecular weight is 215 g/mol. The van der Waals surface area contributed by atoms with Gasteiger partial charge in [-0.05, 0) is 13.0 Å². The van der Waals surface area contributed by atoms with Gasteiger partial charge in [0.05, 0.1) is 11.9 Å². The summed E-state index contributed by atoms with van der Waals surface area (Å²) >= 11 is 7.20. The van der Waals surface area contributed by atoms with Crippen LogP contribution in [-0.2, 0) is 0 Å². The van der Waals surface area contributed by atoms with Gasteiger partial charge in [0.25, 0.3) is 0 Å². The molecule has 13 heavy (non-hydrogen) atoms. The molecule has 0 aliphatic carbocycles. The maximum Gasteiger partial charge on any atom is 0.0638 e. The molecule has 0 saturated carbocycles. The fraction of sp³-hybridized carbons (Fsp3) is 0.222. The maximum absolute atomic E-state index is 5.71. The third-order valence-electron chi connectivity index (χ3n) is 1.45. The quantitative estimate of drug-likeness (QED) is 0.787. The Balaban J connectivity index is 2.60. The molecule has 4 heteroatoms. The average Bonchev–Trinajstić information content (AvgIpc) is 2.16. The molecule has 0 bridgehead atoms. The highest BCUT2D eigenvalue weighted by molar-refractivity contribution is 7.99. The lowest BCUT2D eigenvalue weighted by Crippen LogP contribution is -1.90. The first-order valence-corrected chi connectivity index (χ1v) is 5.24. The zero-order valence-corrected chi connectivity index (χ0v) is 8.90. The highest BCUT2D eigenvalue weighted by atomic mass is 35.5. The first kappa shape index (κ1) is 10.4. The first-order chi connectivity index (χ1) is 6.24. The summed E-state index contributed by atoms with van der Waals surface area (Å²) in [4.78, 5) is 4.96. The Bertz CT molecular complexity index is 312. The topological polar surface area (TPSA) is 38.9 Å². The third kappa shape index (κ3) is 3.28. The molecule has 0 aliphatic heterocycles. The van der Waals surface area contributed by atoms with Crippen molar-refractivity contribution in [2.45, 2.75) is 11.8 Å². The van der Waals surface area contributed by atoms with Gasteiger partial charge in [0.1, 0.15) is 0 Å². The number of aromatic nitrogens is 1. The van der Waals surface area contributed by atoms with Crippen LogP contribution in [0.15, 0.2) is 34.5 Å². The predicted molar refractivity (Wildman–Crippen MR) is 59.0 cm³/mol. The summed E-state index contributed by atoms with van der Waals surface area (Å²) in [6, 6.07) is 1.90. The van der Waals surface area contributed by atoms with Gasteiger partial charge in [-0.2, -0.15) is 0 Å². The highest BCUT2D eigenvalue weighted by Gasteiger charge is 1.98. The summed E-state index contributed by atoms with van der Waals surface area (Å²) in [5, 5.41) is 0. The van der Waals surface area contributed by atoms with Crippen molar-refractivity contribution in [3.8, 4) is 0 Å². The number of halogens is 1. The van der Waals surface area contributed by atoms with Crippen molar-refractivity contribution in [2.24, 2.45) is 0 Å². The fourth-order valence-corrected chi connectivity index (χ4v) is 1.76. The predicted octanol–water partition coefficient (Wildman–Crippen LogP) is 2.90. The van der Waals surface area contributed by atoms with Crippen LogP contribution in [0.1, 0.15) is 6.92 Å². The largest absolute Gasteiger partial charge is 0.397 e. The summed E-state index contributed by atoms with van der Waals surface area (Å²) in [7, 11) is 0. The molecule has 0 atom stereocenters. The van der Waals surface area contributed by atoms with E-state index in [9.17, 15) is 0 Å². The zero-order chi connectivity index (χ0) is 9.68. The molecule has 1 aromatic heterocycles. The van der Waals surface area contributed by atoms with Crippen LogP contribution < -0.4 is 5.73 Å². The molecule has 0 spiro atoms. The number of thioether (sulfide) groups is 1. The normalized spacial score (nSPS) is 11.7. The molecule has 1 aromatic rings. The molecule has 0 saturated heterocycles. The van der Waals surface area contributed by atoms with Gasteiger partial charge in [0.15, 0.2) is 0 Å². The molecule has 1 rings (SSSR count). The van der Waals surface area contributed by atoms with Gasteiger partial charge in [-0.15, -0.1) is 11.8 Å². The van der Waals surface area contributed by atoms with Crippen LogP contribution in [0.5, 0.6) is 0 Å². The lowest BCUT2D eigenvalue weighted by atomic mass is 10.4. The van der Waals surface area contributed by atoms with Crippen LogP contribution >= 0.6 is 23.4 Å². The first-order valence-electron chi connectivity index (χ1n) is 3.82. The minimum absolute atomic E-state index is 0.717. The van der Waals surface area contributed by atoms with E-state index in [1.54, 1.807) is 29.7 Å². The lowest BCUT2D eigenvalue weighted by Gasteiger charge is -2.03. The zero-order valence-electron chi connectivity index (χ0n) is 7.33. The number of anilines is 1. The second kappa shape index (κ2) is 5.14. The van der Waals surface area contributed by atoms with Crippen molar-refractivity contribution in [1.82, 2.24) is 4.98 Å². The van der Waals surface area contributed by atoms with E-state index in [2.05, 4.69) is 4.98 Å². The van der Waals surface area contributed by atoms with E-state index in [0.717, 1.165) is 21.9 Å². The Hall–Kier alpha value is -0.670. The molecule has 0 unspecified atom stereocenters. The Morgan fingerprint density at radius 3 is 3.15 bits per heavy atom. The van der Waals surface area contributed by atoms with E-state index in [4.69, 9.17) is 17.3 Å². The second-order valence-electron chi connectivity index (χ2n) is 2.66. The molecular formula is C9H11ClN2S. The highest BCUT2D eigenvalue weighted by Crippen LogP contribution is 2.25. The van der Waals surface area contributed by atoms with Crippen LogP contribution in [0, 0.1) is 0 Å². The Labute approximate surface area is 87.2 Å². The molecule has 1 heterocycles. The summed E-state index contributed by atoms with van der Waals surface area (Å²) < 4.78 is 0. The van der Waals surface area contributed by atoms with E-state index in [0.29, 0.717) is 0 Å². The van der Waals surface area contributed by atoms with Crippen LogP contribution in [0.3, 0.4) is 0 Å². The molecule has 70 valence electrons. The molecule has 0 radical (unpaired) electrons. The van der Waals surface area contributed by atoms with Gasteiger partial charge in [-0.1, -0.05) is 17.2 Å². The van der Waals surface area contributed by atoms with Gasteiger partial charge in [-0.25, -0.2) is 0 Å². The van der Waals surface area contributed by atoms with E-state index in [-0.39, 0.29) is 0 Å². The third-order valence-corrected chi connectivity index (χ3v) is 3.11. The molecular weight excluding hydrogens is 204 g/mol. The summed E-state index contributed by atoms with van der Waals surface area (Å²) in [6.45, 7) is 1.98. The number of rotatable bonds is 3. The fourth-order valence-electron chi connectivity index (χ4n) is 0.748. The van der Waals surface area contributed by atoms with Crippen molar-refractivity contribution in [3.63, 3.8) is 0 Å². The Morgan fingerprint density at radius 2 is 2.54 bits per heavy atom. The van der Waals surface area contributed by atoms with E-state index < -0.39 is 0 Å². The van der Waals surface area contributed by atoms with Crippen molar-refractivity contribution in [2.75, 3.05) is 11.5 Å². The van der Waals surface area contributed by atoms with Crippen LogP contribution in [0.4, 0.5) is 5.69 Å². The lowest BCUT2D eigenvalue weighted by molar-refractivity contribution is 1.27. The van der Waals surface area contributed by atoms with Crippen LogP contribution in [0.25, 0.3) is 0 Å².